The zero-order valence-electron chi connectivity index (χ0n) is 19.2. The Hall–Kier alpha value is -3.92. The third-order valence-electron chi connectivity index (χ3n) is 6.15. The van der Waals surface area contributed by atoms with Crippen LogP contribution in [0.25, 0.3) is 6.08 Å². The second-order valence-corrected chi connectivity index (χ2v) is 8.46. The molecule has 2 aliphatic rings. The largest absolute Gasteiger partial charge is 0.492 e. The van der Waals surface area contributed by atoms with Crippen molar-refractivity contribution in [3.8, 4) is 17.2 Å². The summed E-state index contributed by atoms with van der Waals surface area (Å²) in [6, 6.07) is 5.92. The second-order valence-electron chi connectivity index (χ2n) is 8.46. The van der Waals surface area contributed by atoms with Gasteiger partial charge in [0.05, 0.1) is 43.9 Å². The Bertz CT molecular complexity index is 1190. The highest BCUT2D eigenvalue weighted by Crippen LogP contribution is 2.50. The Morgan fingerprint density at radius 3 is 2.50 bits per heavy atom. The number of methoxy groups -OCH3 is 2. The highest BCUT2D eigenvalue weighted by Gasteiger charge is 2.40. The number of hydrogen-bond acceptors (Lipinski definition) is 8. The number of allylic oxidation sites excluding steroid dienone is 1. The number of ether oxygens (including phenoxy) is 4. The van der Waals surface area contributed by atoms with Crippen molar-refractivity contribution in [1.82, 2.24) is 0 Å². The summed E-state index contributed by atoms with van der Waals surface area (Å²) in [7, 11) is 4.85. The number of nitro groups is 1. The molecule has 34 heavy (non-hydrogen) atoms. The molecule has 0 fully saturated rings. The maximum Gasteiger partial charge on any atom is 0.361 e. The monoisotopic (exact) mass is 469 g/mol. The van der Waals surface area contributed by atoms with Crippen LogP contribution in [0.3, 0.4) is 0 Å². The number of nitrogens with zero attached hydrogens (tertiary/aromatic N) is 2. The first-order chi connectivity index (χ1) is 16.3. The van der Waals surface area contributed by atoms with Gasteiger partial charge in [-0.15, -0.1) is 0 Å². The minimum Gasteiger partial charge on any atom is -0.492 e. The molecule has 0 spiro atoms. The zero-order valence-corrected chi connectivity index (χ0v) is 19.2. The maximum atomic E-state index is 13.4. The SMILES string of the molecule is COC(=O)C[N+]1(C)CCc2c(c(OC)c3c(c2C(=O)C=Cc2ccc([N+](=O)[O-])cc2)OCO3)C1. The molecule has 4 rings (SSSR count). The Morgan fingerprint density at radius 2 is 1.85 bits per heavy atom. The molecule has 0 aliphatic carbocycles. The van der Waals surface area contributed by atoms with Crippen LogP contribution in [0.4, 0.5) is 5.69 Å². The summed E-state index contributed by atoms with van der Waals surface area (Å²) >= 11 is 0. The van der Waals surface area contributed by atoms with Gasteiger partial charge in [-0.05, 0) is 29.3 Å². The fourth-order valence-electron chi connectivity index (χ4n) is 4.43. The van der Waals surface area contributed by atoms with Crippen LogP contribution < -0.4 is 14.2 Å². The predicted octanol–water partition coefficient (Wildman–Crippen LogP) is 2.90. The normalized spacial score (nSPS) is 18.4. The van der Waals surface area contributed by atoms with Gasteiger partial charge in [0.25, 0.3) is 5.69 Å². The first kappa shape index (κ1) is 23.2. The molecule has 178 valence electrons. The average Bonchev–Trinajstić information content (AvgIpc) is 3.30. The van der Waals surface area contributed by atoms with Gasteiger partial charge < -0.3 is 23.4 Å². The topological polar surface area (TPSA) is 114 Å². The average molecular weight is 469 g/mol. The van der Waals surface area contributed by atoms with Gasteiger partial charge in [0.2, 0.25) is 12.5 Å². The van der Waals surface area contributed by atoms with Gasteiger partial charge in [0.1, 0.15) is 6.54 Å². The van der Waals surface area contributed by atoms with Crippen LogP contribution in [0.2, 0.25) is 0 Å². The lowest BCUT2D eigenvalue weighted by Crippen LogP contribution is -2.51. The zero-order chi connectivity index (χ0) is 24.5. The third kappa shape index (κ3) is 4.32. The number of rotatable bonds is 7. The van der Waals surface area contributed by atoms with E-state index in [9.17, 15) is 19.7 Å². The van der Waals surface area contributed by atoms with Gasteiger partial charge in [0, 0.05) is 18.6 Å². The van der Waals surface area contributed by atoms with E-state index in [1.807, 2.05) is 7.05 Å². The summed E-state index contributed by atoms with van der Waals surface area (Å²) in [5, 5.41) is 10.9. The van der Waals surface area contributed by atoms with E-state index in [1.54, 1.807) is 18.2 Å². The van der Waals surface area contributed by atoms with Crippen molar-refractivity contribution in [3.05, 3.63) is 62.7 Å². The van der Waals surface area contributed by atoms with E-state index in [0.29, 0.717) is 52.4 Å². The lowest BCUT2D eigenvalue weighted by Gasteiger charge is -2.38. The summed E-state index contributed by atoms with van der Waals surface area (Å²) in [5.74, 6) is 0.640. The number of ketones is 1. The number of hydrogen-bond donors (Lipinski definition) is 0. The number of likely N-dealkylation sites (N-methyl/N-ethyl adjacent to an activating group) is 1. The van der Waals surface area contributed by atoms with E-state index < -0.39 is 4.92 Å². The highest BCUT2D eigenvalue weighted by molar-refractivity contribution is 6.11. The van der Waals surface area contributed by atoms with Crippen LogP contribution >= 0.6 is 0 Å². The summed E-state index contributed by atoms with van der Waals surface area (Å²) in [6.45, 7) is 1.24. The quantitative estimate of drug-likeness (QED) is 0.152. The van der Waals surface area contributed by atoms with Crippen LogP contribution in [-0.4, -0.2) is 62.3 Å². The predicted molar refractivity (Wildman–Crippen MR) is 121 cm³/mol. The number of fused-ring (bicyclic) bond motifs is 2. The fraction of sp³-hybridized carbons (Fsp3) is 0.333. The first-order valence-electron chi connectivity index (χ1n) is 10.6. The van der Waals surface area contributed by atoms with Gasteiger partial charge in [-0.2, -0.15) is 0 Å². The summed E-state index contributed by atoms with van der Waals surface area (Å²) < 4.78 is 22.3. The van der Waals surface area contributed by atoms with Crippen LogP contribution in [0, 0.1) is 10.1 Å². The van der Waals surface area contributed by atoms with Gasteiger partial charge in [-0.3, -0.25) is 14.9 Å². The van der Waals surface area contributed by atoms with E-state index in [0.717, 1.165) is 11.1 Å². The molecule has 1 unspecified atom stereocenters. The maximum absolute atomic E-state index is 13.4. The molecule has 10 heteroatoms. The number of non-ortho nitro benzene ring substituents is 1. The van der Waals surface area contributed by atoms with Gasteiger partial charge in [0.15, 0.2) is 23.8 Å². The van der Waals surface area contributed by atoms with Crippen molar-refractivity contribution in [1.29, 1.82) is 0 Å². The number of carbonyl (C=O) groups excluding carboxylic acids is 2. The smallest absolute Gasteiger partial charge is 0.361 e. The minimum atomic E-state index is -0.477. The molecule has 1 atom stereocenters. The molecule has 0 saturated carbocycles. The Labute approximate surface area is 196 Å². The molecule has 0 N–H and O–H groups in total. The Kier molecular flexibility index (Phi) is 6.25. The van der Waals surface area contributed by atoms with E-state index in [2.05, 4.69) is 0 Å². The molecule has 2 aromatic carbocycles. The van der Waals surface area contributed by atoms with Crippen molar-refractivity contribution in [2.75, 3.05) is 41.1 Å². The molecular formula is C24H25N2O8+. The van der Waals surface area contributed by atoms with Crippen LogP contribution in [-0.2, 0) is 22.5 Å². The molecule has 10 nitrogen and oxygen atoms in total. The van der Waals surface area contributed by atoms with Crippen LogP contribution in [0.5, 0.6) is 17.2 Å². The molecule has 2 heterocycles. The summed E-state index contributed by atoms with van der Waals surface area (Å²) in [5.41, 5.74) is 2.64. The molecule has 0 bridgehead atoms. The van der Waals surface area contributed by atoms with Crippen molar-refractivity contribution in [2.24, 2.45) is 0 Å². The van der Waals surface area contributed by atoms with E-state index in [-0.39, 0.29) is 30.8 Å². The summed E-state index contributed by atoms with van der Waals surface area (Å²) in [4.78, 5) is 35.7. The number of nitro benzene ring substituents is 1. The second kappa shape index (κ2) is 9.14. The van der Waals surface area contributed by atoms with Crippen LogP contribution in [0.15, 0.2) is 30.3 Å². The molecule has 2 aliphatic heterocycles. The van der Waals surface area contributed by atoms with Crippen molar-refractivity contribution >= 4 is 23.5 Å². The lowest BCUT2D eigenvalue weighted by molar-refractivity contribution is -0.917. The number of carbonyl (C=O) groups is 2. The molecule has 2 aromatic rings. The van der Waals surface area contributed by atoms with E-state index in [4.69, 9.17) is 18.9 Å². The van der Waals surface area contributed by atoms with Crippen molar-refractivity contribution in [2.45, 2.75) is 13.0 Å². The first-order valence-corrected chi connectivity index (χ1v) is 10.6. The number of benzene rings is 2. The van der Waals surface area contributed by atoms with E-state index in [1.165, 1.54) is 32.4 Å². The fourth-order valence-corrected chi connectivity index (χ4v) is 4.43. The Balaban J connectivity index is 1.72. The van der Waals surface area contributed by atoms with Gasteiger partial charge in [-0.1, -0.05) is 6.08 Å². The number of quaternary nitrogens is 1. The van der Waals surface area contributed by atoms with Gasteiger partial charge >= 0.3 is 5.97 Å². The minimum absolute atomic E-state index is 0.0239. The van der Waals surface area contributed by atoms with Crippen molar-refractivity contribution < 1.29 is 37.9 Å². The molecule has 0 saturated heterocycles. The third-order valence-corrected chi connectivity index (χ3v) is 6.15. The van der Waals surface area contributed by atoms with Crippen molar-refractivity contribution in [3.63, 3.8) is 0 Å². The highest BCUT2D eigenvalue weighted by atomic mass is 16.7. The number of esters is 1. The molecule has 0 amide bonds. The molecular weight excluding hydrogens is 444 g/mol. The Morgan fingerprint density at radius 1 is 1.15 bits per heavy atom. The lowest BCUT2D eigenvalue weighted by atomic mass is 9.89. The van der Waals surface area contributed by atoms with Crippen LogP contribution in [0.1, 0.15) is 27.0 Å². The molecule has 0 aromatic heterocycles. The summed E-state index contributed by atoms with van der Waals surface area (Å²) in [6.07, 6.45) is 3.55. The molecule has 0 radical (unpaired) electrons. The standard InChI is InChI=1S/C24H25N2O8/c1-26(13-20(28)31-2)11-10-17-18(12-26)22(32-3)24-23(33-14-34-24)21(17)19(27)9-6-15-4-7-16(8-5-15)25(29)30/h4-9H,10-14H2,1-3H3/q+1. The van der Waals surface area contributed by atoms with Gasteiger partial charge in [-0.25, -0.2) is 4.79 Å². The van der Waals surface area contributed by atoms with E-state index >= 15 is 0 Å².